The zero-order valence-corrected chi connectivity index (χ0v) is 12.3. The molecule has 1 N–H and O–H groups in total. The van der Waals surface area contributed by atoms with Crippen molar-refractivity contribution in [3.63, 3.8) is 0 Å². The van der Waals surface area contributed by atoms with Gasteiger partial charge in [-0.3, -0.25) is 0 Å². The highest BCUT2D eigenvalue weighted by Crippen LogP contribution is 2.26. The minimum atomic E-state index is -0.502. The van der Waals surface area contributed by atoms with E-state index in [9.17, 15) is 4.79 Å². The van der Waals surface area contributed by atoms with Crippen molar-refractivity contribution in [1.29, 1.82) is 0 Å². The Hall–Kier alpha value is -2.47. The highest BCUT2D eigenvalue weighted by atomic mass is 32.1. The molecule has 0 aliphatic heterocycles. The van der Waals surface area contributed by atoms with Crippen molar-refractivity contribution in [1.82, 2.24) is 9.97 Å². The first-order valence-corrected chi connectivity index (χ1v) is 6.69. The van der Waals surface area contributed by atoms with E-state index in [1.807, 2.05) is 30.3 Å². The number of aromatic nitrogens is 2. The Kier molecular flexibility index (Phi) is 3.31. The maximum atomic E-state index is 11.7. The Morgan fingerprint density at radius 2 is 2.14 bits per heavy atom. The number of nitrogens with zero attached hydrogens (tertiary/aromatic N) is 1. The topological polar surface area (TPSA) is 68.1 Å². The van der Waals surface area contributed by atoms with Crippen molar-refractivity contribution in [3.8, 4) is 11.6 Å². The van der Waals surface area contributed by atoms with Gasteiger partial charge < -0.3 is 14.1 Å². The van der Waals surface area contributed by atoms with Gasteiger partial charge in [0, 0.05) is 11.1 Å². The molecule has 0 amide bonds. The molecular formula is C15H12N2O3S. The number of carbonyl (C=O) groups excluding carboxylic acids is 1. The number of fused-ring (bicyclic) bond motifs is 1. The van der Waals surface area contributed by atoms with Gasteiger partial charge in [0.2, 0.25) is 0 Å². The molecule has 2 aromatic heterocycles. The maximum Gasteiger partial charge on any atom is 0.342 e. The second-order valence-corrected chi connectivity index (χ2v) is 4.92. The molecule has 0 aliphatic rings. The van der Waals surface area contributed by atoms with Gasteiger partial charge in [0.25, 0.3) is 0 Å². The van der Waals surface area contributed by atoms with Crippen molar-refractivity contribution < 1.29 is 13.9 Å². The number of aryl methyl sites for hydroxylation is 1. The predicted octanol–water partition coefficient (Wildman–Crippen LogP) is 3.65. The van der Waals surface area contributed by atoms with Gasteiger partial charge in [-0.05, 0) is 19.1 Å². The quantitative estimate of drug-likeness (QED) is 0.578. The van der Waals surface area contributed by atoms with Gasteiger partial charge in [0.15, 0.2) is 11.6 Å². The summed E-state index contributed by atoms with van der Waals surface area (Å²) >= 11 is 5.18. The lowest BCUT2D eigenvalue weighted by Crippen LogP contribution is -2.08. The van der Waals surface area contributed by atoms with Crippen LogP contribution in [0.25, 0.3) is 22.6 Å². The van der Waals surface area contributed by atoms with Crippen LogP contribution in [0.15, 0.2) is 34.7 Å². The summed E-state index contributed by atoms with van der Waals surface area (Å²) < 4.78 is 10.6. The van der Waals surface area contributed by atoms with Gasteiger partial charge in [-0.15, -0.1) is 0 Å². The highest BCUT2D eigenvalue weighted by Gasteiger charge is 2.16. The number of esters is 1. The lowest BCUT2D eigenvalue weighted by Gasteiger charge is -2.05. The first-order chi connectivity index (χ1) is 10.1. The number of aromatic amines is 1. The molecule has 0 saturated heterocycles. The number of rotatable bonds is 2. The number of hydrogen-bond acceptors (Lipinski definition) is 5. The van der Waals surface area contributed by atoms with E-state index in [0.717, 1.165) is 11.0 Å². The van der Waals surface area contributed by atoms with Crippen LogP contribution in [0.3, 0.4) is 0 Å². The van der Waals surface area contributed by atoms with Crippen molar-refractivity contribution >= 4 is 29.2 Å². The first kappa shape index (κ1) is 13.5. The molecule has 1 aromatic carbocycles. The van der Waals surface area contributed by atoms with Crippen LogP contribution in [0.5, 0.6) is 0 Å². The third-order valence-corrected chi connectivity index (χ3v) is 3.45. The number of carbonyl (C=O) groups is 1. The molecule has 0 unspecified atom stereocenters. The van der Waals surface area contributed by atoms with Crippen molar-refractivity contribution in [2.75, 3.05) is 7.11 Å². The Balaban J connectivity index is 2.15. The number of furan rings is 1. The van der Waals surface area contributed by atoms with E-state index in [1.54, 1.807) is 6.92 Å². The summed E-state index contributed by atoms with van der Waals surface area (Å²) in [5.74, 6) is 0.556. The number of methoxy groups -OCH3 is 1. The van der Waals surface area contributed by atoms with E-state index < -0.39 is 5.97 Å². The lowest BCUT2D eigenvalue weighted by molar-refractivity contribution is 0.0598. The molecule has 0 aliphatic carbocycles. The van der Waals surface area contributed by atoms with Crippen LogP contribution in [0.4, 0.5) is 0 Å². The molecule has 0 fully saturated rings. The fraction of sp³-hybridized carbons (Fsp3) is 0.133. The summed E-state index contributed by atoms with van der Waals surface area (Å²) in [5.41, 5.74) is 1.63. The van der Waals surface area contributed by atoms with Gasteiger partial charge in [-0.25, -0.2) is 9.78 Å². The van der Waals surface area contributed by atoms with Crippen LogP contribution in [0.2, 0.25) is 0 Å². The average Bonchev–Trinajstić information content (AvgIpc) is 2.90. The number of H-pyrrole nitrogens is 1. The van der Waals surface area contributed by atoms with Gasteiger partial charge in [-0.1, -0.05) is 30.4 Å². The normalized spacial score (nSPS) is 10.8. The van der Waals surface area contributed by atoms with Crippen LogP contribution < -0.4 is 0 Å². The molecule has 0 radical (unpaired) electrons. The minimum Gasteiger partial charge on any atom is -0.465 e. The predicted molar refractivity (Wildman–Crippen MR) is 80.7 cm³/mol. The molecule has 5 nitrogen and oxygen atoms in total. The third-order valence-electron chi connectivity index (χ3n) is 3.16. The second-order valence-electron chi connectivity index (χ2n) is 4.53. The average molecular weight is 300 g/mol. The van der Waals surface area contributed by atoms with E-state index in [-0.39, 0.29) is 10.2 Å². The lowest BCUT2D eigenvalue weighted by atomic mass is 10.2. The molecule has 0 bridgehead atoms. The monoisotopic (exact) mass is 300 g/mol. The minimum absolute atomic E-state index is 0.188. The Bertz CT molecular complexity index is 862. The van der Waals surface area contributed by atoms with Crippen molar-refractivity contribution in [2.24, 2.45) is 0 Å². The van der Waals surface area contributed by atoms with Crippen molar-refractivity contribution in [2.45, 2.75) is 6.92 Å². The number of hydrogen-bond donors (Lipinski definition) is 1. The number of nitrogens with one attached hydrogen (secondary N) is 1. The standard InChI is InChI=1S/C15H12N2O3S/c1-8-12(15(18)19-2)14(21)17-13(16-8)11-7-9-5-3-4-6-10(9)20-11/h3-7H,1-2H3,(H,16,17,21). The van der Waals surface area contributed by atoms with E-state index in [0.29, 0.717) is 17.3 Å². The molecule has 3 rings (SSSR count). The molecule has 2 heterocycles. The summed E-state index contributed by atoms with van der Waals surface area (Å²) in [7, 11) is 1.31. The summed E-state index contributed by atoms with van der Waals surface area (Å²) in [5, 5.41) is 0.975. The van der Waals surface area contributed by atoms with Gasteiger partial charge in [0.1, 0.15) is 15.8 Å². The Labute approximate surface area is 125 Å². The van der Waals surface area contributed by atoms with Crippen LogP contribution in [-0.2, 0) is 4.74 Å². The molecule has 106 valence electrons. The molecule has 3 aromatic rings. The van der Waals surface area contributed by atoms with Crippen LogP contribution in [0.1, 0.15) is 16.1 Å². The van der Waals surface area contributed by atoms with Gasteiger partial charge in [0.05, 0.1) is 7.11 Å². The fourth-order valence-electron chi connectivity index (χ4n) is 2.14. The second kappa shape index (κ2) is 5.14. The Morgan fingerprint density at radius 1 is 1.38 bits per heavy atom. The van der Waals surface area contributed by atoms with E-state index in [2.05, 4.69) is 9.97 Å². The zero-order valence-electron chi connectivity index (χ0n) is 11.5. The van der Waals surface area contributed by atoms with Crippen LogP contribution in [0, 0.1) is 11.6 Å². The molecule has 6 heteroatoms. The molecule has 0 spiro atoms. The Morgan fingerprint density at radius 3 is 2.81 bits per heavy atom. The third kappa shape index (κ3) is 2.34. The zero-order chi connectivity index (χ0) is 15.0. The molecule has 0 atom stereocenters. The van der Waals surface area contributed by atoms with Crippen LogP contribution >= 0.6 is 12.2 Å². The molecule has 21 heavy (non-hydrogen) atoms. The van der Waals surface area contributed by atoms with E-state index in [4.69, 9.17) is 21.4 Å². The van der Waals surface area contributed by atoms with Gasteiger partial charge >= 0.3 is 5.97 Å². The maximum absolute atomic E-state index is 11.7. The van der Waals surface area contributed by atoms with Gasteiger partial charge in [-0.2, -0.15) is 0 Å². The van der Waals surface area contributed by atoms with Crippen molar-refractivity contribution in [3.05, 3.63) is 46.2 Å². The highest BCUT2D eigenvalue weighted by molar-refractivity contribution is 7.71. The van der Waals surface area contributed by atoms with E-state index >= 15 is 0 Å². The SMILES string of the molecule is COC(=O)c1c(C)[nH]c(-c2cc3ccccc3o2)nc1=S. The van der Waals surface area contributed by atoms with E-state index in [1.165, 1.54) is 7.11 Å². The fourth-order valence-corrected chi connectivity index (χ4v) is 2.47. The number of ether oxygens (including phenoxy) is 1. The summed E-state index contributed by atoms with van der Waals surface area (Å²) in [6.45, 7) is 1.75. The number of para-hydroxylation sites is 1. The first-order valence-electron chi connectivity index (χ1n) is 6.28. The summed E-state index contributed by atoms with van der Waals surface area (Å²) in [6, 6.07) is 9.54. The number of benzene rings is 1. The molecular weight excluding hydrogens is 288 g/mol. The van der Waals surface area contributed by atoms with Crippen LogP contribution in [-0.4, -0.2) is 23.0 Å². The summed E-state index contributed by atoms with van der Waals surface area (Å²) in [6.07, 6.45) is 0. The summed E-state index contributed by atoms with van der Waals surface area (Å²) in [4.78, 5) is 18.9. The smallest absolute Gasteiger partial charge is 0.342 e. The largest absolute Gasteiger partial charge is 0.465 e. The molecule has 0 saturated carbocycles.